The van der Waals surface area contributed by atoms with Crippen LogP contribution in [0, 0.1) is 0 Å². The quantitative estimate of drug-likeness (QED) is 0.719. The number of carbonyl (C=O) groups is 1. The molecule has 1 fully saturated rings. The first-order chi connectivity index (χ1) is 11.2. The average molecular weight is 321 g/mol. The van der Waals surface area contributed by atoms with Gasteiger partial charge in [0.2, 0.25) is 5.91 Å². The summed E-state index contributed by atoms with van der Waals surface area (Å²) in [5.41, 5.74) is 0. The molecule has 0 spiro atoms. The molecule has 0 saturated carbocycles. The number of ether oxygens (including phenoxy) is 2. The molecule has 0 radical (unpaired) electrons. The molecule has 0 aliphatic carbocycles. The second-order valence-corrected chi connectivity index (χ2v) is 5.77. The third kappa shape index (κ3) is 6.46. The van der Waals surface area contributed by atoms with E-state index in [0.29, 0.717) is 19.6 Å². The molecule has 6 heteroatoms. The zero-order valence-corrected chi connectivity index (χ0v) is 14.1. The number of piperazine rings is 1. The molecule has 128 valence electrons. The molecule has 1 saturated heterocycles. The van der Waals surface area contributed by atoms with Gasteiger partial charge in [0.25, 0.3) is 0 Å². The van der Waals surface area contributed by atoms with Gasteiger partial charge in [0.1, 0.15) is 18.1 Å². The summed E-state index contributed by atoms with van der Waals surface area (Å²) in [6.07, 6.45) is 0.548. The van der Waals surface area contributed by atoms with Crippen LogP contribution in [0.5, 0.6) is 11.5 Å². The summed E-state index contributed by atoms with van der Waals surface area (Å²) in [7, 11) is 3.76. The lowest BCUT2D eigenvalue weighted by Crippen LogP contribution is -2.45. The first-order valence-electron chi connectivity index (χ1n) is 8.12. The Bertz CT molecular complexity index is 470. The summed E-state index contributed by atoms with van der Waals surface area (Å²) in [5, 5.41) is 2.90. The van der Waals surface area contributed by atoms with Crippen LogP contribution < -0.4 is 14.8 Å². The van der Waals surface area contributed by atoms with Crippen molar-refractivity contribution in [3.05, 3.63) is 24.3 Å². The van der Waals surface area contributed by atoms with E-state index in [4.69, 9.17) is 9.47 Å². The van der Waals surface area contributed by atoms with Crippen LogP contribution in [-0.4, -0.2) is 75.7 Å². The van der Waals surface area contributed by atoms with Crippen LogP contribution in [0.1, 0.15) is 6.42 Å². The first-order valence-corrected chi connectivity index (χ1v) is 8.12. The van der Waals surface area contributed by atoms with Gasteiger partial charge in [-0.2, -0.15) is 0 Å². The van der Waals surface area contributed by atoms with Gasteiger partial charge in [-0.25, -0.2) is 0 Å². The van der Waals surface area contributed by atoms with E-state index in [1.165, 1.54) is 0 Å². The molecular weight excluding hydrogens is 294 g/mol. The Morgan fingerprint density at radius 1 is 1.13 bits per heavy atom. The van der Waals surface area contributed by atoms with E-state index in [0.717, 1.165) is 44.2 Å². The van der Waals surface area contributed by atoms with Gasteiger partial charge < -0.3 is 24.6 Å². The van der Waals surface area contributed by atoms with E-state index in [-0.39, 0.29) is 5.91 Å². The van der Waals surface area contributed by atoms with E-state index in [9.17, 15) is 4.79 Å². The molecule has 23 heavy (non-hydrogen) atoms. The highest BCUT2D eigenvalue weighted by Crippen LogP contribution is 2.16. The van der Waals surface area contributed by atoms with Gasteiger partial charge >= 0.3 is 0 Å². The van der Waals surface area contributed by atoms with E-state index < -0.39 is 0 Å². The Morgan fingerprint density at radius 3 is 2.43 bits per heavy atom. The summed E-state index contributed by atoms with van der Waals surface area (Å²) in [4.78, 5) is 16.5. The fraction of sp³-hybridized carbons (Fsp3) is 0.588. The van der Waals surface area contributed by atoms with Crippen molar-refractivity contribution < 1.29 is 14.3 Å². The number of carbonyl (C=O) groups excluding carboxylic acids is 1. The van der Waals surface area contributed by atoms with Gasteiger partial charge in [-0.15, -0.1) is 0 Å². The van der Waals surface area contributed by atoms with E-state index >= 15 is 0 Å². The fourth-order valence-electron chi connectivity index (χ4n) is 2.45. The van der Waals surface area contributed by atoms with Gasteiger partial charge in [0, 0.05) is 39.1 Å². The van der Waals surface area contributed by atoms with Crippen LogP contribution in [0.2, 0.25) is 0 Å². The largest absolute Gasteiger partial charge is 0.497 e. The van der Waals surface area contributed by atoms with E-state index in [1.54, 1.807) is 7.11 Å². The summed E-state index contributed by atoms with van der Waals surface area (Å²) in [6, 6.07) is 7.41. The molecule has 1 amide bonds. The molecule has 1 aliphatic rings. The number of hydrogen-bond donors (Lipinski definition) is 1. The lowest BCUT2D eigenvalue weighted by Gasteiger charge is -2.32. The molecular formula is C17H27N3O3. The summed E-state index contributed by atoms with van der Waals surface area (Å²) < 4.78 is 10.7. The fourth-order valence-corrected chi connectivity index (χ4v) is 2.45. The monoisotopic (exact) mass is 321 g/mol. The lowest BCUT2D eigenvalue weighted by molar-refractivity contribution is -0.121. The topological polar surface area (TPSA) is 54.0 Å². The zero-order valence-electron chi connectivity index (χ0n) is 14.1. The number of nitrogens with one attached hydrogen (secondary N) is 1. The minimum absolute atomic E-state index is 0.0854. The van der Waals surface area contributed by atoms with Crippen molar-refractivity contribution in [1.29, 1.82) is 0 Å². The SMILES string of the molecule is COc1ccc(OCCNC(=O)CCN2CCN(C)CC2)cc1. The molecule has 2 rings (SSSR count). The maximum Gasteiger partial charge on any atom is 0.221 e. The Hall–Kier alpha value is -1.79. The molecule has 1 aromatic carbocycles. The summed E-state index contributed by atoms with van der Waals surface area (Å²) in [5.74, 6) is 1.66. The second-order valence-electron chi connectivity index (χ2n) is 5.77. The predicted molar refractivity (Wildman–Crippen MR) is 90.1 cm³/mol. The maximum absolute atomic E-state index is 11.8. The Labute approximate surface area is 138 Å². The van der Waals surface area contributed by atoms with Crippen LogP contribution in [0.15, 0.2) is 24.3 Å². The van der Waals surface area contributed by atoms with Crippen molar-refractivity contribution in [2.75, 3.05) is 60.0 Å². The smallest absolute Gasteiger partial charge is 0.221 e. The van der Waals surface area contributed by atoms with Gasteiger partial charge in [-0.1, -0.05) is 0 Å². The van der Waals surface area contributed by atoms with Gasteiger partial charge in [0.05, 0.1) is 13.7 Å². The van der Waals surface area contributed by atoms with Crippen molar-refractivity contribution in [3.63, 3.8) is 0 Å². The van der Waals surface area contributed by atoms with Crippen LogP contribution in [0.3, 0.4) is 0 Å². The highest BCUT2D eigenvalue weighted by Gasteiger charge is 2.14. The summed E-state index contributed by atoms with van der Waals surface area (Å²) in [6.45, 7) is 6.07. The van der Waals surface area contributed by atoms with Crippen molar-refractivity contribution in [2.45, 2.75) is 6.42 Å². The van der Waals surface area contributed by atoms with Gasteiger partial charge in [-0.3, -0.25) is 4.79 Å². The number of nitrogens with zero attached hydrogens (tertiary/aromatic N) is 2. The maximum atomic E-state index is 11.8. The lowest BCUT2D eigenvalue weighted by atomic mass is 10.3. The van der Waals surface area contributed by atoms with Crippen molar-refractivity contribution in [3.8, 4) is 11.5 Å². The van der Waals surface area contributed by atoms with E-state index in [2.05, 4.69) is 22.2 Å². The number of rotatable bonds is 8. The minimum atomic E-state index is 0.0854. The minimum Gasteiger partial charge on any atom is -0.497 e. The molecule has 6 nitrogen and oxygen atoms in total. The Morgan fingerprint density at radius 2 is 1.78 bits per heavy atom. The predicted octanol–water partition coefficient (Wildman–Crippen LogP) is 0.828. The molecule has 1 aliphatic heterocycles. The summed E-state index contributed by atoms with van der Waals surface area (Å²) >= 11 is 0. The van der Waals surface area contributed by atoms with Crippen LogP contribution in [-0.2, 0) is 4.79 Å². The molecule has 1 aromatic rings. The number of hydrogen-bond acceptors (Lipinski definition) is 5. The van der Waals surface area contributed by atoms with Gasteiger partial charge in [-0.05, 0) is 31.3 Å². The number of amides is 1. The highest BCUT2D eigenvalue weighted by molar-refractivity contribution is 5.76. The van der Waals surface area contributed by atoms with Crippen molar-refractivity contribution in [2.24, 2.45) is 0 Å². The number of likely N-dealkylation sites (N-methyl/N-ethyl adjacent to an activating group) is 1. The molecule has 0 atom stereocenters. The Balaban J connectivity index is 1.54. The zero-order chi connectivity index (χ0) is 16.5. The molecule has 1 N–H and O–H groups in total. The van der Waals surface area contributed by atoms with Crippen LogP contribution >= 0.6 is 0 Å². The van der Waals surface area contributed by atoms with Crippen molar-refractivity contribution >= 4 is 5.91 Å². The standard InChI is InChI=1S/C17H27N3O3/c1-19-10-12-20(13-11-19)9-7-17(21)18-8-14-23-16-5-3-15(22-2)4-6-16/h3-6H,7-14H2,1-2H3,(H,18,21). The third-order valence-corrected chi connectivity index (χ3v) is 4.00. The first kappa shape index (κ1) is 17.6. The molecule has 1 heterocycles. The van der Waals surface area contributed by atoms with E-state index in [1.807, 2.05) is 24.3 Å². The normalized spacial score (nSPS) is 16.1. The van der Waals surface area contributed by atoms with Gasteiger partial charge in [0.15, 0.2) is 0 Å². The highest BCUT2D eigenvalue weighted by atomic mass is 16.5. The van der Waals surface area contributed by atoms with Crippen LogP contribution in [0.4, 0.5) is 0 Å². The second kappa shape index (κ2) is 9.37. The van der Waals surface area contributed by atoms with Crippen molar-refractivity contribution in [1.82, 2.24) is 15.1 Å². The Kier molecular flexibility index (Phi) is 7.16. The molecule has 0 aromatic heterocycles. The molecule has 0 unspecified atom stereocenters. The average Bonchev–Trinajstić information content (AvgIpc) is 2.59. The third-order valence-electron chi connectivity index (χ3n) is 4.00. The number of methoxy groups -OCH3 is 1. The van der Waals surface area contributed by atoms with Crippen LogP contribution in [0.25, 0.3) is 0 Å². The number of benzene rings is 1. The molecule has 0 bridgehead atoms.